The van der Waals surface area contributed by atoms with E-state index in [2.05, 4.69) is 10.3 Å². The Hall–Kier alpha value is -2.56. The second kappa shape index (κ2) is 5.18. The van der Waals surface area contributed by atoms with E-state index in [1.54, 1.807) is 30.3 Å². The van der Waals surface area contributed by atoms with Crippen LogP contribution in [0.15, 0.2) is 47.4 Å². The molecule has 2 aromatic rings. The number of phenols is 1. The summed E-state index contributed by atoms with van der Waals surface area (Å²) in [5, 5.41) is 11.9. The van der Waals surface area contributed by atoms with Crippen molar-refractivity contribution in [2.75, 3.05) is 0 Å². The zero-order valence-corrected chi connectivity index (χ0v) is 9.51. The topological polar surface area (TPSA) is 82.2 Å². The van der Waals surface area contributed by atoms with Gasteiger partial charge in [-0.25, -0.2) is 0 Å². The summed E-state index contributed by atoms with van der Waals surface area (Å²) >= 11 is 0. The molecular weight excluding hydrogens is 232 g/mol. The molecule has 0 fully saturated rings. The summed E-state index contributed by atoms with van der Waals surface area (Å²) in [6, 6.07) is 9.60. The number of benzene rings is 1. The van der Waals surface area contributed by atoms with Gasteiger partial charge in [0.1, 0.15) is 11.3 Å². The third-order valence-corrected chi connectivity index (χ3v) is 2.43. The van der Waals surface area contributed by atoms with E-state index in [0.717, 1.165) is 5.56 Å². The van der Waals surface area contributed by atoms with Gasteiger partial charge in [-0.15, -0.1) is 0 Å². The first-order valence-corrected chi connectivity index (χ1v) is 5.40. The molecule has 0 bridgehead atoms. The molecule has 92 valence electrons. The lowest BCUT2D eigenvalue weighted by Crippen LogP contribution is -2.28. The van der Waals surface area contributed by atoms with Gasteiger partial charge in [-0.2, -0.15) is 0 Å². The van der Waals surface area contributed by atoms with Crippen LogP contribution in [-0.2, 0) is 6.54 Å². The highest BCUT2D eigenvalue weighted by atomic mass is 16.3. The quantitative estimate of drug-likeness (QED) is 0.753. The van der Waals surface area contributed by atoms with Crippen LogP contribution in [0.4, 0.5) is 0 Å². The third kappa shape index (κ3) is 2.76. The number of hydrogen-bond donors (Lipinski definition) is 3. The zero-order chi connectivity index (χ0) is 13.0. The number of phenolic OH excluding ortho intramolecular Hbond substituents is 1. The summed E-state index contributed by atoms with van der Waals surface area (Å²) < 4.78 is 0. The molecule has 1 heterocycles. The Morgan fingerprint density at radius 3 is 2.83 bits per heavy atom. The summed E-state index contributed by atoms with van der Waals surface area (Å²) in [6.07, 6.45) is 1.47. The van der Waals surface area contributed by atoms with E-state index < -0.39 is 11.5 Å². The fraction of sp³-hybridized carbons (Fsp3) is 0.0769. The van der Waals surface area contributed by atoms with Gasteiger partial charge in [-0.1, -0.05) is 12.1 Å². The molecule has 0 atom stereocenters. The lowest BCUT2D eigenvalue weighted by molar-refractivity contribution is 0.0949. The monoisotopic (exact) mass is 244 g/mol. The van der Waals surface area contributed by atoms with Gasteiger partial charge in [0.15, 0.2) is 0 Å². The fourth-order valence-electron chi connectivity index (χ4n) is 1.54. The Kier molecular flexibility index (Phi) is 3.43. The van der Waals surface area contributed by atoms with Crippen LogP contribution in [0, 0.1) is 0 Å². The highest BCUT2D eigenvalue weighted by Crippen LogP contribution is 2.10. The molecule has 5 nitrogen and oxygen atoms in total. The Morgan fingerprint density at radius 1 is 1.28 bits per heavy atom. The number of aromatic amines is 1. The number of carbonyl (C=O) groups is 1. The van der Waals surface area contributed by atoms with Crippen LogP contribution in [0.5, 0.6) is 5.75 Å². The highest BCUT2D eigenvalue weighted by molar-refractivity contribution is 5.93. The van der Waals surface area contributed by atoms with Crippen molar-refractivity contribution < 1.29 is 9.90 Å². The fourth-order valence-corrected chi connectivity index (χ4v) is 1.54. The molecule has 0 radical (unpaired) electrons. The summed E-state index contributed by atoms with van der Waals surface area (Å²) in [6.45, 7) is 0.252. The van der Waals surface area contributed by atoms with E-state index in [4.69, 9.17) is 0 Å². The molecule has 1 amide bonds. The minimum absolute atomic E-state index is 0.0673. The summed E-state index contributed by atoms with van der Waals surface area (Å²) in [4.78, 5) is 25.5. The van der Waals surface area contributed by atoms with Gasteiger partial charge in [-0.3, -0.25) is 9.59 Å². The predicted octanol–water partition coefficient (Wildman–Crippen LogP) is 1.01. The van der Waals surface area contributed by atoms with Crippen LogP contribution in [0.25, 0.3) is 0 Å². The van der Waals surface area contributed by atoms with Crippen LogP contribution < -0.4 is 10.9 Å². The normalized spacial score (nSPS) is 10.0. The standard InChI is InChI=1S/C13H12N2O3/c16-10-4-1-3-9(7-10)8-15-13(18)11-5-2-6-14-12(11)17/h1-7,16H,8H2,(H,14,17)(H,15,18). The average molecular weight is 244 g/mol. The average Bonchev–Trinajstić information content (AvgIpc) is 2.37. The maximum absolute atomic E-state index is 11.7. The minimum atomic E-state index is -0.444. The van der Waals surface area contributed by atoms with E-state index in [-0.39, 0.29) is 17.9 Å². The molecule has 2 rings (SSSR count). The number of hydrogen-bond acceptors (Lipinski definition) is 3. The summed E-state index contributed by atoms with van der Waals surface area (Å²) in [5.74, 6) is -0.306. The van der Waals surface area contributed by atoms with E-state index in [9.17, 15) is 14.7 Å². The van der Waals surface area contributed by atoms with Gasteiger partial charge < -0.3 is 15.4 Å². The first-order valence-electron chi connectivity index (χ1n) is 5.40. The maximum atomic E-state index is 11.7. The van der Waals surface area contributed by atoms with Crippen molar-refractivity contribution in [2.45, 2.75) is 6.54 Å². The Bertz CT molecular complexity index is 619. The number of carbonyl (C=O) groups excluding carboxylic acids is 1. The second-order valence-electron chi connectivity index (χ2n) is 3.77. The van der Waals surface area contributed by atoms with Crippen LogP contribution in [0.1, 0.15) is 15.9 Å². The lowest BCUT2D eigenvalue weighted by atomic mass is 10.2. The Balaban J connectivity index is 2.05. The number of H-pyrrole nitrogens is 1. The number of aromatic hydroxyl groups is 1. The van der Waals surface area contributed by atoms with E-state index in [1.807, 2.05) is 0 Å². The Morgan fingerprint density at radius 2 is 2.11 bits per heavy atom. The largest absolute Gasteiger partial charge is 0.508 e. The number of nitrogens with one attached hydrogen (secondary N) is 2. The van der Waals surface area contributed by atoms with Crippen molar-refractivity contribution in [3.05, 3.63) is 64.1 Å². The second-order valence-corrected chi connectivity index (χ2v) is 3.77. The molecule has 1 aromatic heterocycles. The SMILES string of the molecule is O=C(NCc1cccc(O)c1)c1ccc[nH]c1=O. The Labute approximate surface area is 103 Å². The predicted molar refractivity (Wildman–Crippen MR) is 66.3 cm³/mol. The molecular formula is C13H12N2O3. The molecule has 1 aromatic carbocycles. The van der Waals surface area contributed by atoms with Crippen molar-refractivity contribution in [1.82, 2.24) is 10.3 Å². The molecule has 5 heteroatoms. The molecule has 3 N–H and O–H groups in total. The lowest BCUT2D eigenvalue weighted by Gasteiger charge is -2.05. The first kappa shape index (κ1) is 11.9. The first-order chi connectivity index (χ1) is 8.66. The van der Waals surface area contributed by atoms with Crippen molar-refractivity contribution in [1.29, 1.82) is 0 Å². The van der Waals surface area contributed by atoms with Crippen LogP contribution in [0.3, 0.4) is 0 Å². The van der Waals surface area contributed by atoms with Gasteiger partial charge in [0.2, 0.25) is 0 Å². The maximum Gasteiger partial charge on any atom is 0.260 e. The van der Waals surface area contributed by atoms with Crippen molar-refractivity contribution in [2.24, 2.45) is 0 Å². The van der Waals surface area contributed by atoms with E-state index in [1.165, 1.54) is 12.3 Å². The smallest absolute Gasteiger partial charge is 0.260 e. The van der Waals surface area contributed by atoms with Gasteiger partial charge in [0.25, 0.3) is 11.5 Å². The molecule has 0 aliphatic carbocycles. The van der Waals surface area contributed by atoms with E-state index >= 15 is 0 Å². The molecule has 18 heavy (non-hydrogen) atoms. The van der Waals surface area contributed by atoms with Gasteiger partial charge in [0, 0.05) is 12.7 Å². The number of aromatic nitrogens is 1. The zero-order valence-electron chi connectivity index (χ0n) is 9.51. The summed E-state index contributed by atoms with van der Waals surface area (Å²) in [7, 11) is 0. The van der Waals surface area contributed by atoms with Crippen molar-refractivity contribution in [3.8, 4) is 5.75 Å². The molecule has 0 saturated carbocycles. The van der Waals surface area contributed by atoms with Crippen LogP contribution in [-0.4, -0.2) is 16.0 Å². The molecule has 0 aliphatic rings. The molecule has 0 spiro atoms. The number of amides is 1. The molecule has 0 aliphatic heterocycles. The van der Waals surface area contributed by atoms with E-state index in [0.29, 0.717) is 0 Å². The minimum Gasteiger partial charge on any atom is -0.508 e. The third-order valence-electron chi connectivity index (χ3n) is 2.43. The van der Waals surface area contributed by atoms with Crippen molar-refractivity contribution >= 4 is 5.91 Å². The van der Waals surface area contributed by atoms with Gasteiger partial charge in [0.05, 0.1) is 0 Å². The summed E-state index contributed by atoms with van der Waals surface area (Å²) in [5.41, 5.74) is 0.402. The van der Waals surface area contributed by atoms with Gasteiger partial charge >= 0.3 is 0 Å². The molecule has 0 unspecified atom stereocenters. The number of rotatable bonds is 3. The van der Waals surface area contributed by atoms with Crippen LogP contribution >= 0.6 is 0 Å². The highest BCUT2D eigenvalue weighted by Gasteiger charge is 2.08. The number of pyridine rings is 1. The van der Waals surface area contributed by atoms with Crippen LogP contribution in [0.2, 0.25) is 0 Å². The molecule has 0 saturated heterocycles. The van der Waals surface area contributed by atoms with Gasteiger partial charge in [-0.05, 0) is 29.8 Å². The van der Waals surface area contributed by atoms with Crippen molar-refractivity contribution in [3.63, 3.8) is 0 Å².